The molecule has 0 spiro atoms. The molecule has 0 saturated carbocycles. The van der Waals surface area contributed by atoms with Crippen molar-refractivity contribution in [3.63, 3.8) is 0 Å². The summed E-state index contributed by atoms with van der Waals surface area (Å²) in [5, 5.41) is 0.890. The van der Waals surface area contributed by atoms with Crippen LogP contribution in [0.3, 0.4) is 0 Å². The van der Waals surface area contributed by atoms with Gasteiger partial charge in [0.25, 0.3) is 0 Å². The minimum Gasteiger partial charge on any atom is -0.298 e. The van der Waals surface area contributed by atoms with Gasteiger partial charge in [0.15, 0.2) is 6.29 Å². The number of halogens is 1. The first-order valence-electron chi connectivity index (χ1n) is 3.81. The van der Waals surface area contributed by atoms with Gasteiger partial charge in [0.1, 0.15) is 0 Å². The number of aldehydes is 1. The molecule has 13 heavy (non-hydrogen) atoms. The van der Waals surface area contributed by atoms with Crippen LogP contribution in [0.1, 0.15) is 10.4 Å². The van der Waals surface area contributed by atoms with Gasteiger partial charge in [-0.2, -0.15) is 0 Å². The first-order valence-corrected chi connectivity index (χ1v) is 4.60. The van der Waals surface area contributed by atoms with Crippen molar-refractivity contribution in [1.29, 1.82) is 0 Å². The molecule has 0 amide bonds. The van der Waals surface area contributed by atoms with E-state index in [1.54, 1.807) is 12.3 Å². The lowest BCUT2D eigenvalue weighted by molar-refractivity contribution is 0.112. The van der Waals surface area contributed by atoms with E-state index in [1.807, 2.05) is 18.2 Å². The number of pyridine rings is 1. The molecule has 0 aliphatic rings. The van der Waals surface area contributed by atoms with Crippen LogP contribution >= 0.6 is 15.9 Å². The van der Waals surface area contributed by atoms with Crippen LogP contribution in [0.25, 0.3) is 10.9 Å². The van der Waals surface area contributed by atoms with Crippen molar-refractivity contribution >= 4 is 33.1 Å². The van der Waals surface area contributed by atoms with E-state index in [0.717, 1.165) is 21.7 Å². The summed E-state index contributed by atoms with van der Waals surface area (Å²) in [6.45, 7) is 0. The number of rotatable bonds is 1. The Kier molecular flexibility index (Phi) is 2.10. The minimum atomic E-state index is 0.678. The minimum absolute atomic E-state index is 0.678. The zero-order chi connectivity index (χ0) is 9.26. The van der Waals surface area contributed by atoms with Crippen LogP contribution in [-0.2, 0) is 0 Å². The predicted molar refractivity (Wildman–Crippen MR) is 54.8 cm³/mol. The number of hydrogen-bond acceptors (Lipinski definition) is 2. The Morgan fingerprint density at radius 2 is 2.15 bits per heavy atom. The zero-order valence-electron chi connectivity index (χ0n) is 6.70. The Morgan fingerprint density at radius 3 is 2.92 bits per heavy atom. The summed E-state index contributed by atoms with van der Waals surface area (Å²) in [5.74, 6) is 0. The average Bonchev–Trinajstić information content (AvgIpc) is 2.16. The van der Waals surface area contributed by atoms with E-state index in [4.69, 9.17) is 0 Å². The number of aromatic nitrogens is 1. The molecule has 0 atom stereocenters. The van der Waals surface area contributed by atoms with Crippen LogP contribution < -0.4 is 0 Å². The van der Waals surface area contributed by atoms with Gasteiger partial charge in [0.05, 0.1) is 5.52 Å². The van der Waals surface area contributed by atoms with Crippen LogP contribution in [0.2, 0.25) is 0 Å². The van der Waals surface area contributed by atoms with Crippen LogP contribution in [0.5, 0.6) is 0 Å². The Hall–Kier alpha value is -1.22. The molecule has 0 saturated heterocycles. The lowest BCUT2D eigenvalue weighted by atomic mass is 10.1. The van der Waals surface area contributed by atoms with E-state index in [0.29, 0.717) is 5.56 Å². The van der Waals surface area contributed by atoms with Crippen LogP contribution in [0.15, 0.2) is 34.9 Å². The standard InChI is InChI=1S/C10H6BrNO/c11-8-1-2-9-7(6-13)3-4-12-10(9)5-8/h1-6H. The molecule has 2 rings (SSSR count). The van der Waals surface area contributed by atoms with Gasteiger partial charge in [-0.05, 0) is 18.2 Å². The normalized spacial score (nSPS) is 10.2. The van der Waals surface area contributed by atoms with Gasteiger partial charge in [-0.15, -0.1) is 0 Å². The molecule has 1 aromatic carbocycles. The monoisotopic (exact) mass is 235 g/mol. The van der Waals surface area contributed by atoms with Crippen molar-refractivity contribution in [2.24, 2.45) is 0 Å². The molecular weight excluding hydrogens is 230 g/mol. The summed E-state index contributed by atoms with van der Waals surface area (Å²) >= 11 is 3.35. The third-order valence-electron chi connectivity index (χ3n) is 1.87. The molecule has 0 N–H and O–H groups in total. The smallest absolute Gasteiger partial charge is 0.150 e. The predicted octanol–water partition coefficient (Wildman–Crippen LogP) is 2.81. The summed E-state index contributed by atoms with van der Waals surface area (Å²) in [6.07, 6.45) is 2.48. The Labute approximate surface area is 83.7 Å². The van der Waals surface area contributed by atoms with E-state index in [1.165, 1.54) is 0 Å². The van der Waals surface area contributed by atoms with Gasteiger partial charge in [-0.25, -0.2) is 0 Å². The Bertz CT molecular complexity index is 467. The number of hydrogen-bond donors (Lipinski definition) is 0. The summed E-state index contributed by atoms with van der Waals surface area (Å²) in [5.41, 5.74) is 1.51. The first-order chi connectivity index (χ1) is 6.31. The van der Waals surface area contributed by atoms with Gasteiger partial charge in [-0.1, -0.05) is 22.0 Å². The van der Waals surface area contributed by atoms with E-state index in [9.17, 15) is 4.79 Å². The highest BCUT2D eigenvalue weighted by Crippen LogP contribution is 2.19. The van der Waals surface area contributed by atoms with Crippen LogP contribution in [0.4, 0.5) is 0 Å². The van der Waals surface area contributed by atoms with E-state index in [-0.39, 0.29) is 0 Å². The first kappa shape index (κ1) is 8.38. The highest BCUT2D eigenvalue weighted by atomic mass is 79.9. The number of nitrogens with zero attached hydrogens (tertiary/aromatic N) is 1. The summed E-state index contributed by atoms with van der Waals surface area (Å²) in [6, 6.07) is 7.39. The maximum Gasteiger partial charge on any atom is 0.150 e. The van der Waals surface area contributed by atoms with Crippen molar-refractivity contribution in [3.05, 3.63) is 40.5 Å². The fourth-order valence-corrected chi connectivity index (χ4v) is 1.60. The third kappa shape index (κ3) is 1.47. The number of carbonyl (C=O) groups excluding carboxylic acids is 1. The summed E-state index contributed by atoms with van der Waals surface area (Å²) < 4.78 is 0.968. The fourth-order valence-electron chi connectivity index (χ4n) is 1.25. The molecule has 0 aliphatic carbocycles. The molecule has 3 heteroatoms. The molecular formula is C10H6BrNO. The molecule has 0 fully saturated rings. The highest BCUT2D eigenvalue weighted by Gasteiger charge is 2.00. The van der Waals surface area contributed by atoms with Crippen LogP contribution in [0, 0.1) is 0 Å². The third-order valence-corrected chi connectivity index (χ3v) is 2.36. The van der Waals surface area contributed by atoms with Gasteiger partial charge in [-0.3, -0.25) is 9.78 Å². The van der Waals surface area contributed by atoms with Crippen molar-refractivity contribution in [3.8, 4) is 0 Å². The van der Waals surface area contributed by atoms with Gasteiger partial charge in [0, 0.05) is 21.6 Å². The molecule has 2 nitrogen and oxygen atoms in total. The van der Waals surface area contributed by atoms with E-state index in [2.05, 4.69) is 20.9 Å². The van der Waals surface area contributed by atoms with Gasteiger partial charge in [0.2, 0.25) is 0 Å². The molecule has 0 radical (unpaired) electrons. The van der Waals surface area contributed by atoms with Crippen molar-refractivity contribution < 1.29 is 4.79 Å². The van der Waals surface area contributed by atoms with Crippen molar-refractivity contribution in [2.45, 2.75) is 0 Å². The second-order valence-corrected chi connectivity index (χ2v) is 3.60. The topological polar surface area (TPSA) is 30.0 Å². The molecule has 64 valence electrons. The number of fused-ring (bicyclic) bond motifs is 1. The molecule has 1 heterocycles. The quantitative estimate of drug-likeness (QED) is 0.712. The van der Waals surface area contributed by atoms with Gasteiger partial charge >= 0.3 is 0 Å². The molecule has 2 aromatic rings. The van der Waals surface area contributed by atoms with E-state index >= 15 is 0 Å². The molecule has 0 aliphatic heterocycles. The summed E-state index contributed by atoms with van der Waals surface area (Å²) in [4.78, 5) is 14.8. The average molecular weight is 236 g/mol. The Morgan fingerprint density at radius 1 is 1.31 bits per heavy atom. The molecule has 0 bridgehead atoms. The lowest BCUT2D eigenvalue weighted by Crippen LogP contribution is -1.85. The summed E-state index contributed by atoms with van der Waals surface area (Å²) in [7, 11) is 0. The fraction of sp³-hybridized carbons (Fsp3) is 0. The Balaban J connectivity index is 2.84. The lowest BCUT2D eigenvalue weighted by Gasteiger charge is -1.99. The highest BCUT2D eigenvalue weighted by molar-refractivity contribution is 9.10. The maximum atomic E-state index is 10.7. The second-order valence-electron chi connectivity index (χ2n) is 2.68. The van der Waals surface area contributed by atoms with Crippen molar-refractivity contribution in [2.75, 3.05) is 0 Å². The molecule has 1 aromatic heterocycles. The second kappa shape index (κ2) is 3.26. The SMILES string of the molecule is O=Cc1ccnc2cc(Br)ccc12. The number of carbonyl (C=O) groups is 1. The van der Waals surface area contributed by atoms with E-state index < -0.39 is 0 Å². The maximum absolute atomic E-state index is 10.7. The van der Waals surface area contributed by atoms with Gasteiger partial charge < -0.3 is 0 Å². The number of benzene rings is 1. The molecule has 0 unspecified atom stereocenters. The van der Waals surface area contributed by atoms with Crippen molar-refractivity contribution in [1.82, 2.24) is 4.98 Å². The zero-order valence-corrected chi connectivity index (χ0v) is 8.28. The largest absolute Gasteiger partial charge is 0.298 e. The van der Waals surface area contributed by atoms with Crippen LogP contribution in [-0.4, -0.2) is 11.3 Å².